The average Bonchev–Trinajstić information content (AvgIpc) is 2.71. The topological polar surface area (TPSA) is 64.9 Å². The van der Waals surface area contributed by atoms with Gasteiger partial charge in [0.2, 0.25) is 0 Å². The van der Waals surface area contributed by atoms with Crippen molar-refractivity contribution in [1.29, 1.82) is 5.41 Å². The van der Waals surface area contributed by atoms with Crippen LogP contribution in [0, 0.1) is 5.41 Å². The van der Waals surface area contributed by atoms with Crippen molar-refractivity contribution in [3.63, 3.8) is 0 Å². The summed E-state index contributed by atoms with van der Waals surface area (Å²) >= 11 is 0. The maximum absolute atomic E-state index is 7.55. The molecule has 4 heteroatoms. The Bertz CT molecular complexity index is 581. The minimum absolute atomic E-state index is 0.521. The lowest BCUT2D eigenvalue weighted by molar-refractivity contribution is 1.01. The Kier molecular flexibility index (Phi) is 2.33. The molecule has 4 nitrogen and oxygen atoms in total. The number of nitrogens with zero attached hydrogens (tertiary/aromatic N) is 2. The third-order valence-corrected chi connectivity index (χ3v) is 2.73. The summed E-state index contributed by atoms with van der Waals surface area (Å²) in [6, 6.07) is 10.2. The Labute approximate surface area is 99.0 Å². The monoisotopic (exact) mass is 224 g/mol. The molecule has 2 heterocycles. The van der Waals surface area contributed by atoms with Crippen molar-refractivity contribution in [2.75, 3.05) is 0 Å². The fourth-order valence-electron chi connectivity index (χ4n) is 1.93. The lowest BCUT2D eigenvalue weighted by Crippen LogP contribution is -2.07. The van der Waals surface area contributed by atoms with Crippen LogP contribution in [0.25, 0.3) is 0 Å². The first kappa shape index (κ1) is 9.96. The van der Waals surface area contributed by atoms with Gasteiger partial charge in [-0.2, -0.15) is 0 Å². The Morgan fingerprint density at radius 2 is 2.06 bits per heavy atom. The predicted molar refractivity (Wildman–Crippen MR) is 67.4 cm³/mol. The molecule has 0 bridgehead atoms. The number of imidazole rings is 1. The number of hydrogen-bond donors (Lipinski definition) is 2. The number of rotatable bonds is 2. The van der Waals surface area contributed by atoms with Crippen LogP contribution in [0.15, 0.2) is 35.3 Å². The third kappa shape index (κ3) is 2.01. The van der Waals surface area contributed by atoms with Crippen molar-refractivity contribution in [1.82, 2.24) is 9.97 Å². The zero-order valence-corrected chi connectivity index (χ0v) is 9.27. The van der Waals surface area contributed by atoms with Gasteiger partial charge in [-0.3, -0.25) is 0 Å². The molecule has 3 rings (SSSR count). The van der Waals surface area contributed by atoms with Gasteiger partial charge in [0, 0.05) is 12.8 Å². The normalized spacial score (nSPS) is 13.8. The largest absolute Gasteiger partial charge is 0.343 e. The van der Waals surface area contributed by atoms with Gasteiger partial charge in [0.1, 0.15) is 5.82 Å². The van der Waals surface area contributed by atoms with E-state index in [0.717, 1.165) is 23.8 Å². The maximum Gasteiger partial charge on any atom is 0.173 e. The molecule has 0 saturated carbocycles. The summed E-state index contributed by atoms with van der Waals surface area (Å²) in [5.41, 5.74) is 2.69. The van der Waals surface area contributed by atoms with Gasteiger partial charge in [-0.15, -0.1) is 0 Å². The molecule has 0 amide bonds. The van der Waals surface area contributed by atoms with Gasteiger partial charge in [-0.1, -0.05) is 30.3 Å². The number of benzene rings is 1. The zero-order chi connectivity index (χ0) is 11.7. The van der Waals surface area contributed by atoms with Crippen LogP contribution in [-0.2, 0) is 12.8 Å². The highest BCUT2D eigenvalue weighted by Gasteiger charge is 2.14. The summed E-state index contributed by atoms with van der Waals surface area (Å²) in [7, 11) is 0. The molecule has 84 valence electrons. The van der Waals surface area contributed by atoms with E-state index in [0.29, 0.717) is 12.1 Å². The molecule has 17 heavy (non-hydrogen) atoms. The number of hydrogen-bond acceptors (Lipinski definition) is 3. The van der Waals surface area contributed by atoms with Crippen LogP contribution >= 0.6 is 0 Å². The molecule has 1 aliphatic rings. The summed E-state index contributed by atoms with van der Waals surface area (Å²) < 4.78 is 0. The second-order valence-corrected chi connectivity index (χ2v) is 4.11. The summed E-state index contributed by atoms with van der Waals surface area (Å²) in [6.07, 6.45) is 2.94. The predicted octanol–water partition coefficient (Wildman–Crippen LogP) is 2.28. The minimum atomic E-state index is 0.521. The fraction of sp³-hybridized carbons (Fsp3) is 0.154. The Hall–Kier alpha value is -2.23. The highest BCUT2D eigenvalue weighted by Crippen LogP contribution is 2.20. The van der Waals surface area contributed by atoms with E-state index in [2.05, 4.69) is 27.1 Å². The number of aromatic nitrogens is 2. The summed E-state index contributed by atoms with van der Waals surface area (Å²) in [6.45, 7) is 0. The van der Waals surface area contributed by atoms with Gasteiger partial charge in [0.25, 0.3) is 0 Å². The summed E-state index contributed by atoms with van der Waals surface area (Å²) in [4.78, 5) is 11.8. The Balaban J connectivity index is 1.87. The van der Waals surface area contributed by atoms with E-state index in [9.17, 15) is 0 Å². The third-order valence-electron chi connectivity index (χ3n) is 2.73. The minimum Gasteiger partial charge on any atom is -0.343 e. The first-order chi connectivity index (χ1) is 8.31. The standard InChI is InChI=1S/C13H12N4/c14-10-7-11-13(15-8-10)17-12(16-11)6-9-4-2-1-3-5-9/h1-5,8,14H,6-7H2,(H,16,17). The van der Waals surface area contributed by atoms with Crippen molar-refractivity contribution in [2.45, 2.75) is 12.8 Å². The second-order valence-electron chi connectivity index (χ2n) is 4.11. The fourth-order valence-corrected chi connectivity index (χ4v) is 1.93. The molecule has 0 spiro atoms. The van der Waals surface area contributed by atoms with Crippen molar-refractivity contribution < 1.29 is 0 Å². The molecular weight excluding hydrogens is 212 g/mol. The van der Waals surface area contributed by atoms with Gasteiger partial charge in [-0.25, -0.2) is 9.98 Å². The van der Waals surface area contributed by atoms with Crippen molar-refractivity contribution in [3.05, 3.63) is 47.4 Å². The smallest absolute Gasteiger partial charge is 0.173 e. The molecule has 1 aliphatic heterocycles. The molecule has 0 fully saturated rings. The number of H-pyrrole nitrogens is 1. The molecule has 2 N–H and O–H groups in total. The van der Waals surface area contributed by atoms with Crippen LogP contribution in [0.1, 0.15) is 17.1 Å². The van der Waals surface area contributed by atoms with Crippen molar-refractivity contribution in [3.8, 4) is 0 Å². The molecule has 1 aromatic heterocycles. The SMILES string of the molecule is N=C1C=Nc2nc(Cc3ccccc3)[nH]c2C1. The van der Waals surface area contributed by atoms with Crippen LogP contribution in [-0.4, -0.2) is 21.9 Å². The van der Waals surface area contributed by atoms with E-state index >= 15 is 0 Å². The molecule has 0 atom stereocenters. The molecule has 0 aliphatic carbocycles. The zero-order valence-electron chi connectivity index (χ0n) is 9.27. The van der Waals surface area contributed by atoms with Crippen LogP contribution in [0.5, 0.6) is 0 Å². The van der Waals surface area contributed by atoms with Crippen LogP contribution in [0.2, 0.25) is 0 Å². The molecule has 0 saturated heterocycles. The molecule has 2 aromatic rings. The summed E-state index contributed by atoms with van der Waals surface area (Å²) in [5.74, 6) is 1.64. The first-order valence-corrected chi connectivity index (χ1v) is 5.54. The van der Waals surface area contributed by atoms with E-state index < -0.39 is 0 Å². The maximum atomic E-state index is 7.55. The highest BCUT2D eigenvalue weighted by molar-refractivity contribution is 6.31. The number of aliphatic imine (C=N–C) groups is 1. The van der Waals surface area contributed by atoms with Gasteiger partial charge in [0.05, 0.1) is 17.6 Å². The number of aromatic amines is 1. The lowest BCUT2D eigenvalue weighted by Gasteiger charge is -2.01. The molecule has 0 radical (unpaired) electrons. The van der Waals surface area contributed by atoms with E-state index in [1.54, 1.807) is 6.21 Å². The molecule has 1 aromatic carbocycles. The molecular formula is C13H12N4. The van der Waals surface area contributed by atoms with E-state index in [1.165, 1.54) is 5.56 Å². The Morgan fingerprint density at radius 1 is 1.24 bits per heavy atom. The Morgan fingerprint density at radius 3 is 2.88 bits per heavy atom. The van der Waals surface area contributed by atoms with Crippen LogP contribution in [0.3, 0.4) is 0 Å². The van der Waals surface area contributed by atoms with E-state index in [4.69, 9.17) is 5.41 Å². The number of fused-ring (bicyclic) bond motifs is 1. The average molecular weight is 224 g/mol. The first-order valence-electron chi connectivity index (χ1n) is 5.54. The van der Waals surface area contributed by atoms with Crippen LogP contribution in [0.4, 0.5) is 5.82 Å². The highest BCUT2D eigenvalue weighted by atomic mass is 15.0. The van der Waals surface area contributed by atoms with Gasteiger partial charge < -0.3 is 10.4 Å². The van der Waals surface area contributed by atoms with Crippen molar-refractivity contribution >= 4 is 17.7 Å². The van der Waals surface area contributed by atoms with Gasteiger partial charge >= 0.3 is 0 Å². The van der Waals surface area contributed by atoms with Gasteiger partial charge in [0.15, 0.2) is 5.82 Å². The van der Waals surface area contributed by atoms with Crippen LogP contribution < -0.4 is 0 Å². The second kappa shape index (κ2) is 3.97. The molecule has 0 unspecified atom stereocenters. The lowest BCUT2D eigenvalue weighted by atomic mass is 10.1. The van der Waals surface area contributed by atoms with Gasteiger partial charge in [-0.05, 0) is 5.56 Å². The quantitative estimate of drug-likeness (QED) is 0.807. The summed E-state index contributed by atoms with van der Waals surface area (Å²) in [5, 5.41) is 7.55. The van der Waals surface area contributed by atoms with Crippen molar-refractivity contribution in [2.24, 2.45) is 4.99 Å². The number of nitrogens with one attached hydrogen (secondary N) is 2. The van der Waals surface area contributed by atoms with E-state index in [1.807, 2.05) is 18.2 Å². The van der Waals surface area contributed by atoms with E-state index in [-0.39, 0.29) is 0 Å².